The summed E-state index contributed by atoms with van der Waals surface area (Å²) in [5.41, 5.74) is 5.86. The van der Waals surface area contributed by atoms with E-state index >= 15 is 0 Å². The molecule has 1 fully saturated rings. The van der Waals surface area contributed by atoms with Crippen molar-refractivity contribution >= 4 is 5.97 Å². The second-order valence-electron chi connectivity index (χ2n) is 4.35. The fourth-order valence-corrected chi connectivity index (χ4v) is 1.96. The highest BCUT2D eigenvalue weighted by Gasteiger charge is 2.16. The highest BCUT2D eigenvalue weighted by atomic mass is 16.5. The molecule has 106 valence electrons. The molecule has 0 aromatic rings. The van der Waals surface area contributed by atoms with Gasteiger partial charge in [0.25, 0.3) is 0 Å². The number of likely N-dealkylation sites (tertiary alicyclic amines) is 1. The quantitative estimate of drug-likeness (QED) is 0.357. The van der Waals surface area contributed by atoms with Crippen molar-refractivity contribution < 1.29 is 9.53 Å². The summed E-state index contributed by atoms with van der Waals surface area (Å²) in [6, 6.07) is 3.68. The zero-order valence-corrected chi connectivity index (χ0v) is 11.6. The van der Waals surface area contributed by atoms with Crippen molar-refractivity contribution in [1.82, 2.24) is 4.90 Å². The molecule has 1 heterocycles. The van der Waals surface area contributed by atoms with E-state index in [0.29, 0.717) is 5.82 Å². The Labute approximate surface area is 118 Å². The van der Waals surface area contributed by atoms with E-state index in [1.165, 1.54) is 6.08 Å². The van der Waals surface area contributed by atoms with Gasteiger partial charge >= 0.3 is 5.97 Å². The Morgan fingerprint density at radius 1 is 1.30 bits per heavy atom. The number of ether oxygens (including phenoxy) is 1. The smallest absolute Gasteiger partial charge is 0.348 e. The average molecular weight is 274 g/mol. The molecule has 0 aromatic heterocycles. The molecule has 0 saturated carbocycles. The molecule has 0 amide bonds. The highest BCUT2D eigenvalue weighted by Crippen LogP contribution is 2.15. The van der Waals surface area contributed by atoms with Crippen LogP contribution in [0.5, 0.6) is 0 Å². The van der Waals surface area contributed by atoms with E-state index in [9.17, 15) is 4.79 Å². The third-order valence-electron chi connectivity index (χ3n) is 3.00. The van der Waals surface area contributed by atoms with Gasteiger partial charge in [0.1, 0.15) is 23.5 Å². The lowest BCUT2D eigenvalue weighted by molar-refractivity contribution is -0.138. The first kappa shape index (κ1) is 15.6. The molecule has 1 aliphatic heterocycles. The first-order valence-electron chi connectivity index (χ1n) is 6.57. The van der Waals surface area contributed by atoms with Crippen LogP contribution < -0.4 is 5.73 Å². The maximum atomic E-state index is 11.5. The topological polar surface area (TPSA) is 103 Å². The summed E-state index contributed by atoms with van der Waals surface area (Å²) in [5.74, 6) is -0.432. The molecule has 0 bridgehead atoms. The molecule has 1 saturated heterocycles. The van der Waals surface area contributed by atoms with Crippen LogP contribution in [0.2, 0.25) is 0 Å². The molecule has 0 spiro atoms. The van der Waals surface area contributed by atoms with Crippen molar-refractivity contribution in [3.8, 4) is 12.1 Å². The number of esters is 1. The minimum absolute atomic E-state index is 0.122. The molecule has 6 nitrogen and oxygen atoms in total. The van der Waals surface area contributed by atoms with Gasteiger partial charge < -0.3 is 15.4 Å². The lowest BCUT2D eigenvalue weighted by atomic mass is 10.1. The monoisotopic (exact) mass is 274 g/mol. The highest BCUT2D eigenvalue weighted by molar-refractivity contribution is 5.93. The van der Waals surface area contributed by atoms with Gasteiger partial charge in [0, 0.05) is 13.1 Å². The molecule has 0 aliphatic carbocycles. The average Bonchev–Trinajstić information content (AvgIpc) is 2.49. The van der Waals surface area contributed by atoms with Gasteiger partial charge in [-0.3, -0.25) is 0 Å². The predicted molar refractivity (Wildman–Crippen MR) is 72.6 cm³/mol. The van der Waals surface area contributed by atoms with Crippen LogP contribution in [-0.4, -0.2) is 30.6 Å². The SMILES string of the molecule is CCOC(=O)/C(C#N)=C/C(C#N)=C(\N)N1CCCCC1. The Kier molecular flexibility index (Phi) is 6.12. The van der Waals surface area contributed by atoms with E-state index in [0.717, 1.165) is 32.4 Å². The normalized spacial score (nSPS) is 16.8. The minimum atomic E-state index is -0.741. The van der Waals surface area contributed by atoms with Gasteiger partial charge in [-0.1, -0.05) is 0 Å². The third kappa shape index (κ3) is 4.03. The molecule has 0 atom stereocenters. The lowest BCUT2D eigenvalue weighted by Gasteiger charge is -2.29. The first-order valence-corrected chi connectivity index (χ1v) is 6.57. The van der Waals surface area contributed by atoms with Crippen molar-refractivity contribution in [2.24, 2.45) is 5.73 Å². The summed E-state index contributed by atoms with van der Waals surface area (Å²) in [6.07, 6.45) is 4.38. The van der Waals surface area contributed by atoms with Gasteiger partial charge in [0.2, 0.25) is 0 Å². The number of carbonyl (C=O) groups is 1. The minimum Gasteiger partial charge on any atom is -0.462 e. The van der Waals surface area contributed by atoms with Crippen LogP contribution in [0.1, 0.15) is 26.2 Å². The van der Waals surface area contributed by atoms with Crippen LogP contribution >= 0.6 is 0 Å². The summed E-state index contributed by atoms with van der Waals surface area (Å²) in [6.45, 7) is 3.39. The zero-order valence-electron chi connectivity index (χ0n) is 11.6. The maximum Gasteiger partial charge on any atom is 0.348 e. The zero-order chi connectivity index (χ0) is 15.0. The van der Waals surface area contributed by atoms with Crippen molar-refractivity contribution in [2.45, 2.75) is 26.2 Å². The van der Waals surface area contributed by atoms with Crippen LogP contribution in [0, 0.1) is 22.7 Å². The fraction of sp³-hybridized carbons (Fsp3) is 0.500. The lowest BCUT2D eigenvalue weighted by Crippen LogP contribution is -2.33. The van der Waals surface area contributed by atoms with Crippen LogP contribution in [0.4, 0.5) is 0 Å². The van der Waals surface area contributed by atoms with Crippen molar-refractivity contribution in [3.63, 3.8) is 0 Å². The summed E-state index contributed by atoms with van der Waals surface area (Å²) in [5, 5.41) is 18.1. The fourth-order valence-electron chi connectivity index (χ4n) is 1.96. The van der Waals surface area contributed by atoms with Gasteiger partial charge in [0.15, 0.2) is 0 Å². The predicted octanol–water partition coefficient (Wildman–Crippen LogP) is 1.18. The second-order valence-corrected chi connectivity index (χ2v) is 4.35. The van der Waals surface area contributed by atoms with E-state index in [-0.39, 0.29) is 17.8 Å². The van der Waals surface area contributed by atoms with E-state index in [4.69, 9.17) is 21.0 Å². The number of nitrogens with zero attached hydrogens (tertiary/aromatic N) is 3. The van der Waals surface area contributed by atoms with Gasteiger partial charge in [-0.05, 0) is 32.3 Å². The van der Waals surface area contributed by atoms with Crippen LogP contribution in [0.15, 0.2) is 23.0 Å². The van der Waals surface area contributed by atoms with Crippen LogP contribution in [-0.2, 0) is 9.53 Å². The largest absolute Gasteiger partial charge is 0.462 e. The third-order valence-corrected chi connectivity index (χ3v) is 3.00. The maximum absolute atomic E-state index is 11.5. The standard InChI is InChI=1S/C14H18N4O2/c1-2-20-14(19)12(10-16)8-11(9-15)13(17)18-6-4-3-5-7-18/h8H,2-7,17H2,1H3/b12-8+,13-11-. The van der Waals surface area contributed by atoms with E-state index in [1.807, 2.05) is 11.0 Å². The van der Waals surface area contributed by atoms with Gasteiger partial charge in [-0.2, -0.15) is 10.5 Å². The van der Waals surface area contributed by atoms with Gasteiger partial charge in [-0.25, -0.2) is 4.79 Å². The van der Waals surface area contributed by atoms with Gasteiger partial charge in [-0.15, -0.1) is 0 Å². The summed E-state index contributed by atoms with van der Waals surface area (Å²) in [4.78, 5) is 13.4. The number of nitrogens with two attached hydrogens (primary N) is 1. The Balaban J connectivity index is 3.01. The van der Waals surface area contributed by atoms with E-state index in [2.05, 4.69) is 0 Å². The van der Waals surface area contributed by atoms with Crippen LogP contribution in [0.25, 0.3) is 0 Å². The number of piperidine rings is 1. The van der Waals surface area contributed by atoms with Crippen LogP contribution in [0.3, 0.4) is 0 Å². The Morgan fingerprint density at radius 3 is 2.45 bits per heavy atom. The Bertz CT molecular complexity index is 502. The molecule has 1 aliphatic rings. The number of allylic oxidation sites excluding steroid dienone is 2. The number of hydrogen-bond donors (Lipinski definition) is 1. The molecule has 0 unspecified atom stereocenters. The van der Waals surface area contributed by atoms with E-state index < -0.39 is 5.97 Å². The molecule has 0 aromatic carbocycles. The first-order chi connectivity index (χ1) is 9.63. The van der Waals surface area contributed by atoms with Crippen molar-refractivity contribution in [3.05, 3.63) is 23.0 Å². The number of rotatable bonds is 4. The Hall–Kier alpha value is -2.47. The number of hydrogen-bond acceptors (Lipinski definition) is 6. The van der Waals surface area contributed by atoms with Crippen molar-refractivity contribution in [1.29, 1.82) is 10.5 Å². The van der Waals surface area contributed by atoms with Gasteiger partial charge in [0.05, 0.1) is 12.2 Å². The molecule has 0 radical (unpaired) electrons. The molecule has 1 rings (SSSR count). The molecular formula is C14H18N4O2. The molecule has 20 heavy (non-hydrogen) atoms. The van der Waals surface area contributed by atoms with Crippen molar-refractivity contribution in [2.75, 3.05) is 19.7 Å². The molecular weight excluding hydrogens is 256 g/mol. The summed E-state index contributed by atoms with van der Waals surface area (Å²) < 4.78 is 4.75. The van der Waals surface area contributed by atoms with E-state index in [1.54, 1.807) is 13.0 Å². The molecule has 6 heteroatoms. The summed E-state index contributed by atoms with van der Waals surface area (Å²) in [7, 11) is 0. The number of carbonyl (C=O) groups excluding carboxylic acids is 1. The second kappa shape index (κ2) is 7.85. The molecule has 2 N–H and O–H groups in total. The summed E-state index contributed by atoms with van der Waals surface area (Å²) >= 11 is 0. The Morgan fingerprint density at radius 2 is 1.95 bits per heavy atom. The number of nitriles is 2.